The van der Waals surface area contributed by atoms with Gasteiger partial charge in [0.15, 0.2) is 5.13 Å². The number of nitrogens with one attached hydrogen (secondary N) is 1. The summed E-state index contributed by atoms with van der Waals surface area (Å²) in [6.07, 6.45) is 0. The fraction of sp³-hybridized carbons (Fsp3) is 0.176. The number of nitrogens with zero attached hydrogens (tertiary/aromatic N) is 2. The molecule has 4 rings (SSSR count). The fourth-order valence-corrected chi connectivity index (χ4v) is 3.61. The van der Waals surface area contributed by atoms with Gasteiger partial charge in [-0.15, -0.1) is 0 Å². The minimum atomic E-state index is -0.342. The monoisotopic (exact) mass is 345 g/mol. The Labute approximate surface area is 140 Å². The number of hydrogen-bond acceptors (Lipinski definition) is 4. The molecule has 0 saturated carbocycles. The molecule has 0 bridgehead atoms. The van der Waals surface area contributed by atoms with E-state index in [1.807, 2.05) is 11.0 Å². The molecule has 1 amide bonds. The van der Waals surface area contributed by atoms with Gasteiger partial charge in [0, 0.05) is 18.8 Å². The van der Waals surface area contributed by atoms with Gasteiger partial charge in [0.2, 0.25) is 5.91 Å². The van der Waals surface area contributed by atoms with Gasteiger partial charge in [-0.05, 0) is 36.4 Å². The molecular formula is C17H13F2N3OS. The van der Waals surface area contributed by atoms with Crippen LogP contribution in [-0.2, 0) is 4.79 Å². The summed E-state index contributed by atoms with van der Waals surface area (Å²) in [5, 5.41) is 3.49. The Morgan fingerprint density at radius 3 is 2.62 bits per heavy atom. The molecule has 3 aromatic rings. The van der Waals surface area contributed by atoms with E-state index in [0.29, 0.717) is 24.3 Å². The Morgan fingerprint density at radius 1 is 1.17 bits per heavy atom. The van der Waals surface area contributed by atoms with Crippen molar-refractivity contribution in [3.05, 3.63) is 54.1 Å². The zero-order chi connectivity index (χ0) is 16.7. The Bertz CT molecular complexity index is 904. The molecule has 0 unspecified atom stereocenters. The maximum atomic E-state index is 13.7. The van der Waals surface area contributed by atoms with Crippen LogP contribution >= 0.6 is 11.3 Å². The molecule has 4 nitrogen and oxygen atoms in total. The van der Waals surface area contributed by atoms with Gasteiger partial charge < -0.3 is 10.2 Å². The molecular weight excluding hydrogens is 332 g/mol. The van der Waals surface area contributed by atoms with Crippen LogP contribution in [0.1, 0.15) is 0 Å². The molecule has 122 valence electrons. The van der Waals surface area contributed by atoms with Crippen LogP contribution in [0.3, 0.4) is 0 Å². The molecule has 0 atom stereocenters. The SMILES string of the molecule is O=C(Nc1ccc(F)cc1)C1CN(c2nc3c(F)cccc3s2)C1. The standard InChI is InChI=1S/C17H13F2N3OS/c18-11-4-6-12(7-5-11)20-16(23)10-8-22(9-10)17-21-15-13(19)2-1-3-14(15)24-17/h1-7,10H,8-9H2,(H,20,23). The van der Waals surface area contributed by atoms with Crippen molar-refractivity contribution in [3.8, 4) is 0 Å². The van der Waals surface area contributed by atoms with Gasteiger partial charge in [-0.1, -0.05) is 17.4 Å². The molecule has 1 saturated heterocycles. The molecule has 0 radical (unpaired) electrons. The van der Waals surface area contributed by atoms with Crippen LogP contribution in [0.4, 0.5) is 19.6 Å². The van der Waals surface area contributed by atoms with E-state index < -0.39 is 0 Å². The molecule has 2 heterocycles. The molecule has 0 aliphatic carbocycles. The van der Waals surface area contributed by atoms with Gasteiger partial charge in [-0.3, -0.25) is 4.79 Å². The highest BCUT2D eigenvalue weighted by Gasteiger charge is 2.34. The highest BCUT2D eigenvalue weighted by Crippen LogP contribution is 2.34. The number of carbonyl (C=O) groups excluding carboxylic acids is 1. The van der Waals surface area contributed by atoms with Crippen molar-refractivity contribution in [2.75, 3.05) is 23.3 Å². The van der Waals surface area contributed by atoms with Crippen LogP contribution in [0.25, 0.3) is 10.2 Å². The summed E-state index contributed by atoms with van der Waals surface area (Å²) in [6.45, 7) is 1.07. The molecule has 1 aliphatic rings. The van der Waals surface area contributed by atoms with E-state index in [4.69, 9.17) is 0 Å². The van der Waals surface area contributed by atoms with Gasteiger partial charge in [-0.25, -0.2) is 13.8 Å². The van der Waals surface area contributed by atoms with Crippen LogP contribution in [0.2, 0.25) is 0 Å². The third kappa shape index (κ3) is 2.71. The van der Waals surface area contributed by atoms with Crippen LogP contribution in [0.5, 0.6) is 0 Å². The predicted molar refractivity (Wildman–Crippen MR) is 90.3 cm³/mol. The molecule has 1 aromatic heterocycles. The maximum absolute atomic E-state index is 13.7. The number of carbonyl (C=O) groups is 1. The topological polar surface area (TPSA) is 45.2 Å². The number of fused-ring (bicyclic) bond motifs is 1. The first-order valence-electron chi connectivity index (χ1n) is 7.46. The predicted octanol–water partition coefficient (Wildman–Crippen LogP) is 3.65. The smallest absolute Gasteiger partial charge is 0.231 e. The summed E-state index contributed by atoms with van der Waals surface area (Å²) in [5.74, 6) is -0.941. The van der Waals surface area contributed by atoms with Gasteiger partial charge in [0.1, 0.15) is 17.2 Å². The largest absolute Gasteiger partial charge is 0.346 e. The average molecular weight is 345 g/mol. The van der Waals surface area contributed by atoms with E-state index in [0.717, 1.165) is 9.83 Å². The fourth-order valence-electron chi connectivity index (χ4n) is 2.62. The zero-order valence-corrected chi connectivity index (χ0v) is 13.3. The summed E-state index contributed by atoms with van der Waals surface area (Å²) in [6, 6.07) is 10.5. The van der Waals surface area contributed by atoms with Crippen molar-refractivity contribution in [2.45, 2.75) is 0 Å². The lowest BCUT2D eigenvalue weighted by Gasteiger charge is -2.37. The second-order valence-corrected chi connectivity index (χ2v) is 6.69. The number of thiazole rings is 1. The van der Waals surface area contributed by atoms with Crippen molar-refractivity contribution >= 4 is 38.3 Å². The van der Waals surface area contributed by atoms with Crippen LogP contribution < -0.4 is 10.2 Å². The average Bonchev–Trinajstić information content (AvgIpc) is 2.93. The third-order valence-corrected chi connectivity index (χ3v) is 5.07. The van der Waals surface area contributed by atoms with Gasteiger partial charge in [0.25, 0.3) is 0 Å². The van der Waals surface area contributed by atoms with Gasteiger partial charge >= 0.3 is 0 Å². The number of amides is 1. The zero-order valence-electron chi connectivity index (χ0n) is 12.5. The normalized spacial score (nSPS) is 14.7. The van der Waals surface area contributed by atoms with Crippen molar-refractivity contribution in [1.82, 2.24) is 4.98 Å². The summed E-state index contributed by atoms with van der Waals surface area (Å²) in [4.78, 5) is 18.4. The quantitative estimate of drug-likeness (QED) is 0.788. The van der Waals surface area contributed by atoms with E-state index >= 15 is 0 Å². The van der Waals surface area contributed by atoms with E-state index in [9.17, 15) is 13.6 Å². The molecule has 2 aromatic carbocycles. The summed E-state index contributed by atoms with van der Waals surface area (Å²) in [5.41, 5.74) is 0.943. The second-order valence-electron chi connectivity index (χ2n) is 5.68. The van der Waals surface area contributed by atoms with Crippen molar-refractivity contribution in [1.29, 1.82) is 0 Å². The molecule has 1 N–H and O–H groups in total. The van der Waals surface area contributed by atoms with E-state index in [2.05, 4.69) is 10.3 Å². The minimum Gasteiger partial charge on any atom is -0.346 e. The van der Waals surface area contributed by atoms with Gasteiger partial charge in [0.05, 0.1) is 10.6 Å². The molecule has 7 heteroatoms. The first-order chi connectivity index (χ1) is 11.6. The van der Waals surface area contributed by atoms with Crippen molar-refractivity contribution in [3.63, 3.8) is 0 Å². The van der Waals surface area contributed by atoms with Crippen molar-refractivity contribution < 1.29 is 13.6 Å². The third-order valence-electron chi connectivity index (χ3n) is 3.99. The lowest BCUT2D eigenvalue weighted by molar-refractivity contribution is -0.120. The lowest BCUT2D eigenvalue weighted by Crippen LogP contribution is -2.52. The van der Waals surface area contributed by atoms with Gasteiger partial charge in [-0.2, -0.15) is 0 Å². The Hall–Kier alpha value is -2.54. The second kappa shape index (κ2) is 5.83. The highest BCUT2D eigenvalue weighted by atomic mass is 32.1. The summed E-state index contributed by atoms with van der Waals surface area (Å²) >= 11 is 1.42. The number of halogens is 2. The number of aromatic nitrogens is 1. The highest BCUT2D eigenvalue weighted by molar-refractivity contribution is 7.22. The Kier molecular flexibility index (Phi) is 3.65. The van der Waals surface area contributed by atoms with Crippen molar-refractivity contribution in [2.24, 2.45) is 5.92 Å². The first kappa shape index (κ1) is 15.0. The van der Waals surface area contributed by atoms with E-state index in [1.54, 1.807) is 6.07 Å². The molecule has 1 fully saturated rings. The summed E-state index contributed by atoms with van der Waals surface area (Å²) in [7, 11) is 0. The molecule has 24 heavy (non-hydrogen) atoms. The number of rotatable bonds is 3. The number of anilines is 2. The first-order valence-corrected chi connectivity index (χ1v) is 8.28. The molecule has 1 aliphatic heterocycles. The summed E-state index contributed by atoms with van der Waals surface area (Å²) < 4.78 is 27.4. The minimum absolute atomic E-state index is 0.106. The molecule has 0 spiro atoms. The van der Waals surface area contributed by atoms with Crippen LogP contribution in [0.15, 0.2) is 42.5 Å². The van der Waals surface area contributed by atoms with E-state index in [1.165, 1.54) is 41.7 Å². The Morgan fingerprint density at radius 2 is 1.92 bits per heavy atom. The van der Waals surface area contributed by atoms with E-state index in [-0.39, 0.29) is 23.5 Å². The van der Waals surface area contributed by atoms with Crippen LogP contribution in [-0.4, -0.2) is 24.0 Å². The number of benzene rings is 2. The lowest BCUT2D eigenvalue weighted by atomic mass is 10.00. The number of hydrogen-bond donors (Lipinski definition) is 1. The number of para-hydroxylation sites is 1. The van der Waals surface area contributed by atoms with Crippen LogP contribution in [0, 0.1) is 17.6 Å². The Balaban J connectivity index is 1.40. The maximum Gasteiger partial charge on any atom is 0.231 e.